The van der Waals surface area contributed by atoms with Crippen molar-refractivity contribution in [3.8, 4) is 22.7 Å². The maximum absolute atomic E-state index is 15.8. The van der Waals surface area contributed by atoms with E-state index in [0.29, 0.717) is 48.3 Å². The summed E-state index contributed by atoms with van der Waals surface area (Å²) in [6.45, 7) is 9.38. The standard InChI is InChI=1S/C30H31ClF2N6O2/c1-16(2)15-41-26-7-5-6-17(3)28(26)39-29(19-11-23(33)25(12-22(19)32)36-30(34)40)20-14-38(9-8-24(20)37-39)27-10-18(4)21(31)13-35-27/h5-7,10-13,16H,8-9,14-15H2,1-4H3,(H3,34,36,40). The number of fused-ring (bicyclic) bond motifs is 1. The molecule has 1 aliphatic heterocycles. The van der Waals surface area contributed by atoms with Crippen LogP contribution in [0.25, 0.3) is 16.9 Å². The summed E-state index contributed by atoms with van der Waals surface area (Å²) >= 11 is 6.21. The summed E-state index contributed by atoms with van der Waals surface area (Å²) in [5.41, 5.74) is 9.06. The van der Waals surface area contributed by atoms with Crippen LogP contribution in [-0.4, -0.2) is 33.9 Å². The summed E-state index contributed by atoms with van der Waals surface area (Å²) in [6, 6.07) is 8.55. The number of halogens is 3. The lowest BCUT2D eigenvalue weighted by Gasteiger charge is -2.28. The summed E-state index contributed by atoms with van der Waals surface area (Å²) in [5.74, 6) is 0.00929. The maximum Gasteiger partial charge on any atom is 0.316 e. The van der Waals surface area contributed by atoms with Crippen molar-refractivity contribution < 1.29 is 18.3 Å². The number of rotatable bonds is 7. The lowest BCUT2D eigenvalue weighted by molar-refractivity contribution is 0.259. The first-order valence-electron chi connectivity index (χ1n) is 13.3. The zero-order valence-electron chi connectivity index (χ0n) is 23.3. The van der Waals surface area contributed by atoms with Gasteiger partial charge in [0.05, 0.1) is 28.7 Å². The molecule has 214 valence electrons. The fourth-order valence-corrected chi connectivity index (χ4v) is 5.04. The van der Waals surface area contributed by atoms with Crippen molar-refractivity contribution in [3.63, 3.8) is 0 Å². The summed E-state index contributed by atoms with van der Waals surface area (Å²) in [5, 5.41) is 7.64. The van der Waals surface area contributed by atoms with Crippen LogP contribution in [0, 0.1) is 31.4 Å². The topological polar surface area (TPSA) is 98.3 Å². The van der Waals surface area contributed by atoms with Gasteiger partial charge in [0.2, 0.25) is 0 Å². The van der Waals surface area contributed by atoms with E-state index in [2.05, 4.69) is 29.0 Å². The fourth-order valence-electron chi connectivity index (χ4n) is 4.94. The number of nitrogens with zero attached hydrogens (tertiary/aromatic N) is 4. The van der Waals surface area contributed by atoms with Gasteiger partial charge in [-0.15, -0.1) is 0 Å². The second kappa shape index (κ2) is 11.4. The molecule has 41 heavy (non-hydrogen) atoms. The highest BCUT2D eigenvalue weighted by atomic mass is 35.5. The lowest BCUT2D eigenvalue weighted by Crippen LogP contribution is -2.31. The molecule has 3 heterocycles. The Kier molecular flexibility index (Phi) is 7.86. The molecular formula is C30H31ClF2N6O2. The van der Waals surface area contributed by atoms with E-state index in [9.17, 15) is 4.79 Å². The van der Waals surface area contributed by atoms with Crippen LogP contribution in [0.4, 0.5) is 25.1 Å². The van der Waals surface area contributed by atoms with Crippen molar-refractivity contribution in [1.82, 2.24) is 14.8 Å². The monoisotopic (exact) mass is 580 g/mol. The Hall–Kier alpha value is -4.18. The van der Waals surface area contributed by atoms with Gasteiger partial charge in [-0.1, -0.05) is 37.6 Å². The number of nitrogens with one attached hydrogen (secondary N) is 1. The number of amides is 2. The molecule has 0 bridgehead atoms. The van der Waals surface area contributed by atoms with Gasteiger partial charge in [0.1, 0.15) is 28.9 Å². The lowest BCUT2D eigenvalue weighted by atomic mass is 9.99. The largest absolute Gasteiger partial charge is 0.491 e. The molecule has 0 atom stereocenters. The van der Waals surface area contributed by atoms with Crippen molar-refractivity contribution in [2.24, 2.45) is 11.7 Å². The van der Waals surface area contributed by atoms with Crippen LogP contribution in [0.2, 0.25) is 5.02 Å². The predicted octanol–water partition coefficient (Wildman–Crippen LogP) is 6.57. The van der Waals surface area contributed by atoms with Crippen LogP contribution in [-0.2, 0) is 13.0 Å². The van der Waals surface area contributed by atoms with Crippen LogP contribution < -0.4 is 20.7 Å². The highest BCUT2D eigenvalue weighted by Gasteiger charge is 2.30. The molecule has 0 unspecified atom stereocenters. The molecule has 3 N–H and O–H groups in total. The predicted molar refractivity (Wildman–Crippen MR) is 156 cm³/mol. The van der Waals surface area contributed by atoms with Crippen molar-refractivity contribution in [3.05, 3.63) is 81.6 Å². The number of carbonyl (C=O) groups excluding carboxylic acids is 1. The number of primary amides is 1. The van der Waals surface area contributed by atoms with Gasteiger partial charge in [0, 0.05) is 42.9 Å². The quantitative estimate of drug-likeness (QED) is 0.258. The molecule has 2 amide bonds. The third-order valence-electron chi connectivity index (χ3n) is 6.95. The molecule has 0 saturated carbocycles. The highest BCUT2D eigenvalue weighted by Crippen LogP contribution is 2.39. The van der Waals surface area contributed by atoms with Crippen LogP contribution in [0.5, 0.6) is 5.75 Å². The van der Waals surface area contributed by atoms with E-state index < -0.39 is 17.7 Å². The van der Waals surface area contributed by atoms with E-state index in [4.69, 9.17) is 27.2 Å². The first kappa shape index (κ1) is 28.4. The number of aryl methyl sites for hydroxylation is 2. The third-order valence-corrected chi connectivity index (χ3v) is 7.34. The van der Waals surface area contributed by atoms with Gasteiger partial charge in [-0.3, -0.25) is 0 Å². The van der Waals surface area contributed by atoms with Gasteiger partial charge >= 0.3 is 6.03 Å². The second-order valence-corrected chi connectivity index (χ2v) is 11.0. The van der Waals surface area contributed by atoms with E-state index in [1.807, 2.05) is 38.1 Å². The number of ether oxygens (including phenoxy) is 1. The van der Waals surface area contributed by atoms with Crippen LogP contribution in [0.1, 0.15) is 36.2 Å². The SMILES string of the molecule is Cc1cc(N2CCc3nn(-c4c(C)cccc4OCC(C)C)c(-c4cc(F)c(NC(N)=O)cc4F)c3C2)ncc1Cl. The molecule has 2 aromatic heterocycles. The van der Waals surface area contributed by atoms with E-state index in [-0.39, 0.29) is 17.2 Å². The molecule has 0 radical (unpaired) electrons. The van der Waals surface area contributed by atoms with E-state index in [1.54, 1.807) is 10.9 Å². The first-order valence-corrected chi connectivity index (χ1v) is 13.7. The molecule has 5 rings (SSSR count). The molecule has 11 heteroatoms. The Morgan fingerprint density at radius 1 is 1.17 bits per heavy atom. The third kappa shape index (κ3) is 5.69. The number of hydrogen-bond donors (Lipinski definition) is 2. The van der Waals surface area contributed by atoms with Crippen molar-refractivity contribution in [1.29, 1.82) is 0 Å². The van der Waals surface area contributed by atoms with Crippen LogP contribution in [0.3, 0.4) is 0 Å². The first-order chi connectivity index (χ1) is 19.5. The van der Waals surface area contributed by atoms with Crippen molar-refractivity contribution >= 4 is 29.1 Å². The average Bonchev–Trinajstić information content (AvgIpc) is 3.28. The number of para-hydroxylation sites is 1. The number of benzene rings is 2. The number of nitrogens with two attached hydrogens (primary N) is 1. The van der Waals surface area contributed by atoms with Gasteiger partial charge < -0.3 is 20.7 Å². The molecule has 0 saturated heterocycles. The summed E-state index contributed by atoms with van der Waals surface area (Å²) < 4.78 is 38.8. The van der Waals surface area contributed by atoms with E-state index >= 15 is 8.78 Å². The van der Waals surface area contributed by atoms with Crippen molar-refractivity contribution in [2.45, 2.75) is 40.7 Å². The van der Waals surface area contributed by atoms with Crippen LogP contribution >= 0.6 is 11.6 Å². The summed E-state index contributed by atoms with van der Waals surface area (Å²) in [7, 11) is 0. The van der Waals surface area contributed by atoms with E-state index in [0.717, 1.165) is 40.3 Å². The van der Waals surface area contributed by atoms with Gasteiger partial charge in [-0.2, -0.15) is 5.10 Å². The number of pyridine rings is 1. The Balaban J connectivity index is 1.71. The molecule has 0 aliphatic carbocycles. The van der Waals surface area contributed by atoms with Gasteiger partial charge in [0.25, 0.3) is 0 Å². The minimum Gasteiger partial charge on any atom is -0.491 e. The minimum atomic E-state index is -0.994. The Morgan fingerprint density at radius 2 is 1.95 bits per heavy atom. The molecule has 8 nitrogen and oxygen atoms in total. The molecule has 0 fully saturated rings. The molecular weight excluding hydrogens is 550 g/mol. The number of anilines is 2. The number of carbonyl (C=O) groups is 1. The highest BCUT2D eigenvalue weighted by molar-refractivity contribution is 6.31. The van der Waals surface area contributed by atoms with Crippen molar-refractivity contribution in [2.75, 3.05) is 23.4 Å². The number of urea groups is 1. The van der Waals surface area contributed by atoms with E-state index in [1.165, 1.54) is 0 Å². The normalized spacial score (nSPS) is 12.9. The second-order valence-electron chi connectivity index (χ2n) is 10.6. The summed E-state index contributed by atoms with van der Waals surface area (Å²) in [6.07, 6.45) is 2.16. The minimum absolute atomic E-state index is 0.00794. The zero-order chi connectivity index (χ0) is 29.4. The average molecular weight is 581 g/mol. The zero-order valence-corrected chi connectivity index (χ0v) is 24.0. The van der Waals surface area contributed by atoms with Gasteiger partial charge in [-0.25, -0.2) is 23.2 Å². The van der Waals surface area contributed by atoms with Gasteiger partial charge in [-0.05, 0) is 49.1 Å². The molecule has 1 aliphatic rings. The molecule has 4 aromatic rings. The van der Waals surface area contributed by atoms with Gasteiger partial charge in [0.15, 0.2) is 0 Å². The molecule has 0 spiro atoms. The fraction of sp³-hybridized carbons (Fsp3) is 0.300. The number of aromatic nitrogens is 3. The Labute approximate surface area is 242 Å². The Bertz CT molecular complexity index is 1640. The smallest absolute Gasteiger partial charge is 0.316 e. The molecule has 2 aromatic carbocycles. The Morgan fingerprint density at radius 3 is 2.66 bits per heavy atom. The van der Waals surface area contributed by atoms with Crippen LogP contribution in [0.15, 0.2) is 42.6 Å². The maximum atomic E-state index is 15.8. The summed E-state index contributed by atoms with van der Waals surface area (Å²) in [4.78, 5) is 17.9. The number of hydrogen-bond acceptors (Lipinski definition) is 5.